The van der Waals surface area contributed by atoms with Crippen molar-refractivity contribution in [3.8, 4) is 50.2 Å². The average molecular weight is 865 g/mol. The van der Waals surface area contributed by atoms with Gasteiger partial charge in [-0.1, -0.05) is 194 Å². The van der Waals surface area contributed by atoms with Crippen LogP contribution >= 0.6 is 0 Å². The molecule has 0 saturated heterocycles. The zero-order chi connectivity index (χ0) is 45.0. The molecule has 0 amide bonds. The molecule has 0 spiro atoms. The van der Waals surface area contributed by atoms with Gasteiger partial charge in [0.25, 0.3) is 0 Å². The fraction of sp³-hybridized carbons (Fsp3) is 0. The largest absolute Gasteiger partial charge is 0.310 e. The van der Waals surface area contributed by atoms with Crippen LogP contribution in [0.2, 0.25) is 0 Å². The maximum Gasteiger partial charge on any atom is 0.0553 e. The van der Waals surface area contributed by atoms with Gasteiger partial charge in [-0.2, -0.15) is 0 Å². The summed E-state index contributed by atoms with van der Waals surface area (Å²) >= 11 is 0. The van der Waals surface area contributed by atoms with Crippen LogP contribution in [0.1, 0.15) is 0 Å². The van der Waals surface area contributed by atoms with Gasteiger partial charge in [-0.3, -0.25) is 0 Å². The Hall–Kier alpha value is -8.98. The first-order chi connectivity index (χ1) is 33.7. The standard InChI is InChI=1S/C66H44N2/c1-4-17-45(18-5-1)53-40-54(46-19-6-2-7-20-46)43-58(42-53)67(56-36-33-47(34-37-56)49-35-38-60-51(39-49)32-31-48-21-10-12-27-59(48)60)57-26-16-23-52(41-57)65-61-28-13-11-22-50(61)44-64-66(65)62-29-14-15-30-63(62)68(64)55-24-8-3-9-25-55/h1-44H. The molecule has 2 nitrogen and oxygen atoms in total. The fourth-order valence-electron chi connectivity index (χ4n) is 10.5. The number of hydrogen-bond acceptors (Lipinski definition) is 1. The number of aromatic nitrogens is 1. The Morgan fingerprint density at radius 2 is 0.779 bits per heavy atom. The highest BCUT2D eigenvalue weighted by Crippen LogP contribution is 2.46. The lowest BCUT2D eigenvalue weighted by Gasteiger charge is -2.28. The number of fused-ring (bicyclic) bond motifs is 7. The third-order valence-corrected chi connectivity index (χ3v) is 13.7. The molecule has 0 bridgehead atoms. The molecule has 1 heterocycles. The van der Waals surface area contributed by atoms with Crippen LogP contribution in [0.4, 0.5) is 17.1 Å². The molecule has 68 heavy (non-hydrogen) atoms. The lowest BCUT2D eigenvalue weighted by molar-refractivity contribution is 1.18. The topological polar surface area (TPSA) is 8.17 Å². The van der Waals surface area contributed by atoms with E-state index in [4.69, 9.17) is 0 Å². The zero-order valence-corrected chi connectivity index (χ0v) is 37.3. The van der Waals surface area contributed by atoms with Crippen molar-refractivity contribution in [2.24, 2.45) is 0 Å². The van der Waals surface area contributed by atoms with Crippen LogP contribution < -0.4 is 4.90 Å². The molecule has 12 aromatic carbocycles. The van der Waals surface area contributed by atoms with E-state index < -0.39 is 0 Å². The normalized spacial score (nSPS) is 11.5. The molecule has 0 saturated carbocycles. The van der Waals surface area contributed by atoms with Crippen molar-refractivity contribution in [2.75, 3.05) is 4.90 Å². The SMILES string of the molecule is c1ccc(-c2cc(-c3ccccc3)cc(N(c3ccc(-c4ccc5c(ccc6ccccc65)c4)cc3)c3cccc(-c4c5ccccc5cc5c4c4ccccc4n5-c4ccccc4)c3)c2)cc1. The van der Waals surface area contributed by atoms with E-state index in [0.717, 1.165) is 39.4 Å². The number of benzene rings is 12. The first kappa shape index (κ1) is 39.4. The quantitative estimate of drug-likeness (QED) is 0.138. The van der Waals surface area contributed by atoms with Crippen molar-refractivity contribution in [2.45, 2.75) is 0 Å². The van der Waals surface area contributed by atoms with E-state index >= 15 is 0 Å². The van der Waals surface area contributed by atoms with Crippen LogP contribution in [0.25, 0.3) is 104 Å². The Kier molecular flexibility index (Phi) is 9.54. The minimum absolute atomic E-state index is 1.07. The average Bonchev–Trinajstić information content (AvgIpc) is 3.74. The number of rotatable bonds is 8. The van der Waals surface area contributed by atoms with E-state index in [1.54, 1.807) is 0 Å². The predicted octanol–water partition coefficient (Wildman–Crippen LogP) is 18.4. The summed E-state index contributed by atoms with van der Waals surface area (Å²) in [6.07, 6.45) is 0. The summed E-state index contributed by atoms with van der Waals surface area (Å²) < 4.78 is 2.43. The van der Waals surface area contributed by atoms with Gasteiger partial charge < -0.3 is 9.47 Å². The number of para-hydroxylation sites is 2. The van der Waals surface area contributed by atoms with Crippen LogP contribution in [0.15, 0.2) is 267 Å². The van der Waals surface area contributed by atoms with Crippen molar-refractivity contribution in [1.29, 1.82) is 0 Å². The highest BCUT2D eigenvalue weighted by Gasteiger charge is 2.22. The van der Waals surface area contributed by atoms with E-state index in [1.165, 1.54) is 81.9 Å². The zero-order valence-electron chi connectivity index (χ0n) is 37.3. The highest BCUT2D eigenvalue weighted by atomic mass is 15.1. The monoisotopic (exact) mass is 864 g/mol. The molecule has 1 aromatic heterocycles. The van der Waals surface area contributed by atoms with Gasteiger partial charge in [-0.15, -0.1) is 0 Å². The summed E-state index contributed by atoms with van der Waals surface area (Å²) in [5, 5.41) is 9.97. The van der Waals surface area contributed by atoms with Crippen LogP contribution in [-0.4, -0.2) is 4.57 Å². The minimum atomic E-state index is 1.07. The smallest absolute Gasteiger partial charge is 0.0553 e. The Balaban J connectivity index is 1.03. The maximum atomic E-state index is 2.44. The Labute approximate surface area is 395 Å². The molecule has 0 aliphatic carbocycles. The molecule has 0 aliphatic rings. The van der Waals surface area contributed by atoms with Gasteiger partial charge >= 0.3 is 0 Å². The van der Waals surface area contributed by atoms with Gasteiger partial charge in [0.15, 0.2) is 0 Å². The van der Waals surface area contributed by atoms with Gasteiger partial charge in [0, 0.05) is 33.5 Å². The number of anilines is 3. The molecule has 0 fully saturated rings. The number of nitrogens with zero attached hydrogens (tertiary/aromatic N) is 2. The van der Waals surface area contributed by atoms with Crippen molar-refractivity contribution in [3.63, 3.8) is 0 Å². The first-order valence-corrected chi connectivity index (χ1v) is 23.4. The van der Waals surface area contributed by atoms with Gasteiger partial charge in [-0.25, -0.2) is 0 Å². The van der Waals surface area contributed by atoms with Crippen molar-refractivity contribution >= 4 is 71.2 Å². The van der Waals surface area contributed by atoms with E-state index in [2.05, 4.69) is 276 Å². The second-order valence-corrected chi connectivity index (χ2v) is 17.7. The van der Waals surface area contributed by atoms with Crippen LogP contribution in [0.5, 0.6) is 0 Å². The van der Waals surface area contributed by atoms with Crippen LogP contribution in [0, 0.1) is 0 Å². The van der Waals surface area contributed by atoms with E-state index in [9.17, 15) is 0 Å². The Morgan fingerprint density at radius 1 is 0.250 bits per heavy atom. The maximum absolute atomic E-state index is 2.44. The predicted molar refractivity (Wildman–Crippen MR) is 290 cm³/mol. The van der Waals surface area contributed by atoms with Crippen LogP contribution in [0.3, 0.4) is 0 Å². The van der Waals surface area contributed by atoms with Gasteiger partial charge in [0.05, 0.1) is 11.0 Å². The second kappa shape index (κ2) is 16.5. The van der Waals surface area contributed by atoms with Crippen LogP contribution in [-0.2, 0) is 0 Å². The summed E-state index contributed by atoms with van der Waals surface area (Å²) in [6.45, 7) is 0. The molecular weight excluding hydrogens is 821 g/mol. The van der Waals surface area contributed by atoms with E-state index in [-0.39, 0.29) is 0 Å². The van der Waals surface area contributed by atoms with Gasteiger partial charge in [0.1, 0.15) is 0 Å². The summed E-state index contributed by atoms with van der Waals surface area (Å²) in [7, 11) is 0. The summed E-state index contributed by atoms with van der Waals surface area (Å²) in [6, 6.07) is 97.7. The molecule has 2 heteroatoms. The lowest BCUT2D eigenvalue weighted by Crippen LogP contribution is -2.10. The van der Waals surface area contributed by atoms with Crippen molar-refractivity contribution in [3.05, 3.63) is 267 Å². The molecular formula is C66H44N2. The van der Waals surface area contributed by atoms with Crippen molar-refractivity contribution < 1.29 is 0 Å². The molecule has 0 aliphatic heterocycles. The molecule has 0 atom stereocenters. The van der Waals surface area contributed by atoms with Gasteiger partial charge in [-0.05, 0) is 150 Å². The lowest BCUT2D eigenvalue weighted by atomic mass is 9.92. The molecule has 318 valence electrons. The third kappa shape index (κ3) is 6.82. The Bertz CT molecular complexity index is 3940. The first-order valence-electron chi connectivity index (χ1n) is 23.4. The van der Waals surface area contributed by atoms with E-state index in [1.807, 2.05) is 0 Å². The number of hydrogen-bond donors (Lipinski definition) is 0. The third-order valence-electron chi connectivity index (χ3n) is 13.7. The van der Waals surface area contributed by atoms with Gasteiger partial charge in [0.2, 0.25) is 0 Å². The Morgan fingerprint density at radius 3 is 1.51 bits per heavy atom. The molecule has 0 unspecified atom stereocenters. The van der Waals surface area contributed by atoms with E-state index in [0.29, 0.717) is 0 Å². The summed E-state index contributed by atoms with van der Waals surface area (Å²) in [5.74, 6) is 0. The highest BCUT2D eigenvalue weighted by molar-refractivity contribution is 6.23. The minimum Gasteiger partial charge on any atom is -0.310 e. The van der Waals surface area contributed by atoms with Crippen molar-refractivity contribution in [1.82, 2.24) is 4.57 Å². The summed E-state index contributed by atoms with van der Waals surface area (Å²) in [4.78, 5) is 2.44. The molecule has 13 rings (SSSR count). The fourth-order valence-corrected chi connectivity index (χ4v) is 10.5. The molecule has 0 N–H and O–H groups in total. The molecule has 0 radical (unpaired) electrons. The second-order valence-electron chi connectivity index (χ2n) is 17.7. The summed E-state index contributed by atoms with van der Waals surface area (Å²) in [5.41, 5.74) is 16.2. The molecule has 13 aromatic rings.